The normalized spacial score (nSPS) is 17.3. The number of hydrogen-bond donors (Lipinski definition) is 2. The molecule has 35 heavy (non-hydrogen) atoms. The molecule has 3 aromatic heterocycles. The number of benzene rings is 1. The lowest BCUT2D eigenvalue weighted by molar-refractivity contribution is 0.0735. The Morgan fingerprint density at radius 1 is 1.00 bits per heavy atom. The molecule has 0 unspecified atom stereocenters. The maximum absolute atomic E-state index is 12.9. The number of nitrogens with zero attached hydrogens (tertiary/aromatic N) is 5. The summed E-state index contributed by atoms with van der Waals surface area (Å²) in [6.07, 6.45) is 3.85. The molecule has 4 aromatic rings. The van der Waals surface area contributed by atoms with Crippen LogP contribution in [0.1, 0.15) is 9.80 Å². The summed E-state index contributed by atoms with van der Waals surface area (Å²) < 4.78 is 0. The van der Waals surface area contributed by atoms with Crippen LogP contribution in [0.15, 0.2) is 48.1 Å². The van der Waals surface area contributed by atoms with Crippen LogP contribution < -0.4 is 10.2 Å². The lowest BCUT2D eigenvalue weighted by atomic mass is 10.0. The Bertz CT molecular complexity index is 1330. The molecule has 0 atom stereocenters. The average Bonchev–Trinajstić information content (AvgIpc) is 3.56. The highest BCUT2D eigenvalue weighted by Gasteiger charge is 2.22. The Morgan fingerprint density at radius 2 is 1.77 bits per heavy atom. The minimum absolute atomic E-state index is 0.0156. The van der Waals surface area contributed by atoms with Gasteiger partial charge in [-0.15, -0.1) is 11.3 Å². The van der Waals surface area contributed by atoms with Gasteiger partial charge in [-0.05, 0) is 30.8 Å². The van der Waals surface area contributed by atoms with Crippen LogP contribution in [0.4, 0.5) is 5.69 Å². The Hall–Kier alpha value is -3.27. The van der Waals surface area contributed by atoms with E-state index in [-0.39, 0.29) is 5.91 Å². The van der Waals surface area contributed by atoms with E-state index in [1.54, 1.807) is 0 Å². The molecule has 2 fully saturated rings. The smallest absolute Gasteiger partial charge is 0.282 e. The molecule has 5 heterocycles. The van der Waals surface area contributed by atoms with E-state index in [4.69, 9.17) is 4.98 Å². The highest BCUT2D eigenvalue weighted by molar-refractivity contribution is 7.12. The average molecular weight is 488 g/mol. The second-order valence-electron chi connectivity index (χ2n) is 9.24. The lowest BCUT2D eigenvalue weighted by Gasteiger charge is -2.34. The molecule has 9 heteroatoms. The largest absolute Gasteiger partial charge is 0.369 e. The topological polar surface area (TPSA) is 80.4 Å². The van der Waals surface area contributed by atoms with Gasteiger partial charge in [0.1, 0.15) is 5.65 Å². The Morgan fingerprint density at radius 3 is 2.54 bits per heavy atom. The predicted molar refractivity (Wildman–Crippen MR) is 141 cm³/mol. The first-order valence-electron chi connectivity index (χ1n) is 12.1. The minimum Gasteiger partial charge on any atom is -0.369 e. The molecular formula is C26H29N7OS. The van der Waals surface area contributed by atoms with Crippen molar-refractivity contribution >= 4 is 34.0 Å². The van der Waals surface area contributed by atoms with Crippen molar-refractivity contribution in [1.29, 1.82) is 0 Å². The van der Waals surface area contributed by atoms with Crippen LogP contribution in [0, 0.1) is 0 Å². The van der Waals surface area contributed by atoms with Gasteiger partial charge in [0.25, 0.3) is 5.91 Å². The number of thiazole rings is 1. The fourth-order valence-electron chi connectivity index (χ4n) is 4.80. The summed E-state index contributed by atoms with van der Waals surface area (Å²) in [7, 11) is 2.18. The summed E-state index contributed by atoms with van der Waals surface area (Å²) in [5.74, 6) is 0.0156. The molecule has 0 aliphatic carbocycles. The lowest BCUT2D eigenvalue weighted by Crippen LogP contribution is -2.46. The summed E-state index contributed by atoms with van der Waals surface area (Å²) in [5.41, 5.74) is 6.07. The zero-order chi connectivity index (χ0) is 23.8. The number of rotatable bonds is 4. The Balaban J connectivity index is 1.25. The van der Waals surface area contributed by atoms with E-state index in [1.807, 2.05) is 22.7 Å². The number of amides is 1. The molecule has 0 saturated carbocycles. The number of fused-ring (bicyclic) bond motifs is 1. The molecule has 6 rings (SSSR count). The highest BCUT2D eigenvalue weighted by atomic mass is 32.1. The van der Waals surface area contributed by atoms with Gasteiger partial charge in [-0.2, -0.15) is 0 Å². The van der Waals surface area contributed by atoms with E-state index in [0.717, 1.165) is 85.8 Å². The quantitative estimate of drug-likeness (QED) is 0.460. The first kappa shape index (κ1) is 22.2. The van der Waals surface area contributed by atoms with Gasteiger partial charge in [-0.3, -0.25) is 4.79 Å². The van der Waals surface area contributed by atoms with Crippen LogP contribution in [0.3, 0.4) is 0 Å². The molecular weight excluding hydrogens is 458 g/mol. The van der Waals surface area contributed by atoms with Gasteiger partial charge < -0.3 is 25.0 Å². The Kier molecular flexibility index (Phi) is 5.97. The monoisotopic (exact) mass is 487 g/mol. The number of piperazine rings is 2. The molecule has 0 spiro atoms. The van der Waals surface area contributed by atoms with E-state index >= 15 is 0 Å². The number of aromatic amines is 1. The van der Waals surface area contributed by atoms with E-state index < -0.39 is 0 Å². The van der Waals surface area contributed by atoms with Gasteiger partial charge in [0.2, 0.25) is 0 Å². The fourth-order valence-corrected chi connectivity index (χ4v) is 5.59. The number of carbonyl (C=O) groups excluding carboxylic acids is 1. The van der Waals surface area contributed by atoms with Crippen molar-refractivity contribution < 1.29 is 4.79 Å². The van der Waals surface area contributed by atoms with Gasteiger partial charge >= 0.3 is 0 Å². The predicted octanol–water partition coefficient (Wildman–Crippen LogP) is 3.15. The number of pyridine rings is 1. The number of nitrogens with one attached hydrogen (secondary N) is 2. The van der Waals surface area contributed by atoms with Crippen molar-refractivity contribution in [3.63, 3.8) is 0 Å². The summed E-state index contributed by atoms with van der Waals surface area (Å²) in [6.45, 7) is 7.42. The number of carbonyl (C=O) groups is 1. The molecule has 0 radical (unpaired) electrons. The minimum atomic E-state index is 0.0156. The number of aromatic nitrogens is 3. The van der Waals surface area contributed by atoms with E-state index in [0.29, 0.717) is 5.01 Å². The van der Waals surface area contributed by atoms with Crippen molar-refractivity contribution in [2.45, 2.75) is 0 Å². The third kappa shape index (κ3) is 4.42. The van der Waals surface area contributed by atoms with Gasteiger partial charge in [-0.1, -0.05) is 12.1 Å². The summed E-state index contributed by atoms with van der Waals surface area (Å²) in [5, 5.41) is 6.80. The third-order valence-electron chi connectivity index (χ3n) is 6.97. The maximum Gasteiger partial charge on any atom is 0.282 e. The standard InChI is InChI=1S/C26H29N7OS/c1-31-10-12-32(13-11-31)20-4-2-18(3-5-20)19-14-21-22(16-29-24(21)28-15-19)23-17-35-25(30-23)26(34)33-8-6-27-7-9-33/h2-5,14-17,27H,6-13H2,1H3,(H,28,29). The van der Waals surface area contributed by atoms with Crippen molar-refractivity contribution in [2.24, 2.45) is 0 Å². The first-order chi connectivity index (χ1) is 17.2. The fraction of sp³-hybridized carbons (Fsp3) is 0.346. The molecule has 2 aliphatic heterocycles. The molecule has 8 nitrogen and oxygen atoms in total. The summed E-state index contributed by atoms with van der Waals surface area (Å²) in [6, 6.07) is 10.9. The van der Waals surface area contributed by atoms with Crippen molar-refractivity contribution in [1.82, 2.24) is 30.1 Å². The first-order valence-corrected chi connectivity index (χ1v) is 13.0. The number of H-pyrrole nitrogens is 1. The number of anilines is 1. The number of hydrogen-bond acceptors (Lipinski definition) is 7. The molecule has 1 aromatic carbocycles. The van der Waals surface area contributed by atoms with Crippen LogP contribution in [0.25, 0.3) is 33.4 Å². The van der Waals surface area contributed by atoms with Crippen LogP contribution in [-0.4, -0.2) is 90.1 Å². The van der Waals surface area contributed by atoms with Crippen LogP contribution in [-0.2, 0) is 0 Å². The zero-order valence-corrected chi connectivity index (χ0v) is 20.6. The van der Waals surface area contributed by atoms with E-state index in [1.165, 1.54) is 17.0 Å². The molecule has 0 bridgehead atoms. The van der Waals surface area contributed by atoms with Crippen molar-refractivity contribution in [2.75, 3.05) is 64.3 Å². The summed E-state index contributed by atoms with van der Waals surface area (Å²) >= 11 is 1.41. The molecule has 1 amide bonds. The van der Waals surface area contributed by atoms with Crippen molar-refractivity contribution in [3.05, 3.63) is 53.1 Å². The highest BCUT2D eigenvalue weighted by Crippen LogP contribution is 2.32. The van der Waals surface area contributed by atoms with Crippen LogP contribution >= 0.6 is 11.3 Å². The Labute approximate surface area is 208 Å². The van der Waals surface area contributed by atoms with Gasteiger partial charge in [-0.25, -0.2) is 9.97 Å². The zero-order valence-electron chi connectivity index (χ0n) is 19.8. The second kappa shape index (κ2) is 9.41. The molecule has 2 saturated heterocycles. The van der Waals surface area contributed by atoms with Crippen LogP contribution in [0.2, 0.25) is 0 Å². The molecule has 2 N–H and O–H groups in total. The second-order valence-corrected chi connectivity index (χ2v) is 10.1. The van der Waals surface area contributed by atoms with Gasteiger partial charge in [0.15, 0.2) is 5.01 Å². The SMILES string of the molecule is CN1CCN(c2ccc(-c3cnc4[nH]cc(-c5csc(C(=O)N6CCNCC6)n5)c4c3)cc2)CC1. The number of likely N-dealkylation sites (N-methyl/N-ethyl adjacent to an activating group) is 1. The van der Waals surface area contributed by atoms with Crippen molar-refractivity contribution in [3.8, 4) is 22.4 Å². The summed E-state index contributed by atoms with van der Waals surface area (Å²) in [4.78, 5) is 32.2. The molecule has 2 aliphatic rings. The van der Waals surface area contributed by atoms with E-state index in [9.17, 15) is 4.79 Å². The van der Waals surface area contributed by atoms with Gasteiger partial charge in [0.05, 0.1) is 5.69 Å². The third-order valence-corrected chi connectivity index (χ3v) is 7.80. The van der Waals surface area contributed by atoms with E-state index in [2.05, 4.69) is 62.5 Å². The van der Waals surface area contributed by atoms with Crippen LogP contribution in [0.5, 0.6) is 0 Å². The van der Waals surface area contributed by atoms with Gasteiger partial charge in [0, 0.05) is 92.3 Å². The maximum atomic E-state index is 12.9. The molecule has 180 valence electrons.